The maximum atomic E-state index is 12.8. The molecule has 2 saturated carbocycles. The van der Waals surface area contributed by atoms with Gasteiger partial charge in [0.15, 0.2) is 0 Å². The number of hydrogen-bond donors (Lipinski definition) is 0. The highest BCUT2D eigenvalue weighted by atomic mass is 16.5. The van der Waals surface area contributed by atoms with E-state index in [0.29, 0.717) is 0 Å². The molecule has 4 atom stereocenters. The van der Waals surface area contributed by atoms with Crippen LogP contribution in [0, 0.1) is 29.1 Å². The van der Waals surface area contributed by atoms with Crippen LogP contribution in [0.4, 0.5) is 0 Å². The molecular formula is C19H18N2O3. The number of rotatable bonds is 3. The van der Waals surface area contributed by atoms with Crippen molar-refractivity contribution in [3.05, 3.63) is 42.0 Å². The molecule has 0 radical (unpaired) electrons. The first-order chi connectivity index (χ1) is 11.7. The van der Waals surface area contributed by atoms with Gasteiger partial charge in [-0.05, 0) is 59.9 Å². The Labute approximate surface area is 140 Å². The summed E-state index contributed by atoms with van der Waals surface area (Å²) < 4.78 is 5.12. The minimum atomic E-state index is -0.192. The van der Waals surface area contributed by atoms with E-state index in [2.05, 4.69) is 17.3 Å². The predicted octanol–water partition coefficient (Wildman–Crippen LogP) is 2.23. The van der Waals surface area contributed by atoms with E-state index in [4.69, 9.17) is 4.74 Å². The fourth-order valence-electron chi connectivity index (χ4n) is 4.99. The maximum absolute atomic E-state index is 12.8. The Hall–Kier alpha value is -2.43. The lowest BCUT2D eigenvalue weighted by atomic mass is 9.85. The third kappa shape index (κ3) is 1.62. The van der Waals surface area contributed by atoms with Gasteiger partial charge in [0.05, 0.1) is 25.2 Å². The average Bonchev–Trinajstić information content (AvgIpc) is 3.21. The molecule has 24 heavy (non-hydrogen) atoms. The van der Waals surface area contributed by atoms with Gasteiger partial charge in [0.1, 0.15) is 5.75 Å². The van der Waals surface area contributed by atoms with E-state index >= 15 is 0 Å². The van der Waals surface area contributed by atoms with E-state index in [-0.39, 0.29) is 40.9 Å². The SMILES string of the molecule is COc1ccc(/C=N\N2C(=O)[C@H]3[C@H](C2=O)[C@H]2C=C[C@H]3C23CC3)cc1. The fourth-order valence-corrected chi connectivity index (χ4v) is 4.99. The molecule has 1 aliphatic heterocycles. The van der Waals surface area contributed by atoms with Crippen molar-refractivity contribution in [1.29, 1.82) is 0 Å². The molecule has 1 spiro atoms. The van der Waals surface area contributed by atoms with Crippen LogP contribution in [0.3, 0.4) is 0 Å². The molecule has 1 aromatic carbocycles. The Kier molecular flexibility index (Phi) is 2.65. The van der Waals surface area contributed by atoms with Gasteiger partial charge in [0.2, 0.25) is 0 Å². The standard InChI is InChI=1S/C19H18N2O3/c1-24-12-4-2-11(3-5-12)10-20-21-17(22)15-13-6-7-14(16(15)18(21)23)19(13)8-9-19/h2-7,10,13-16H,8-9H2,1H3/b20-10-/t13-,14-,15-,16-/m1/s1. The second-order valence-corrected chi connectivity index (χ2v) is 7.23. The van der Waals surface area contributed by atoms with E-state index in [1.54, 1.807) is 13.3 Å². The van der Waals surface area contributed by atoms with Gasteiger partial charge in [-0.15, -0.1) is 0 Å². The third-order valence-electron chi connectivity index (χ3n) is 6.27. The van der Waals surface area contributed by atoms with Gasteiger partial charge in [-0.3, -0.25) is 9.59 Å². The van der Waals surface area contributed by atoms with E-state index in [9.17, 15) is 9.59 Å². The largest absolute Gasteiger partial charge is 0.497 e. The molecule has 0 N–H and O–H groups in total. The van der Waals surface area contributed by atoms with Gasteiger partial charge in [-0.2, -0.15) is 10.1 Å². The van der Waals surface area contributed by atoms with Crippen molar-refractivity contribution >= 4 is 18.0 Å². The van der Waals surface area contributed by atoms with Crippen LogP contribution in [-0.4, -0.2) is 30.1 Å². The maximum Gasteiger partial charge on any atom is 0.254 e. The van der Waals surface area contributed by atoms with Gasteiger partial charge < -0.3 is 4.74 Å². The van der Waals surface area contributed by atoms with Gasteiger partial charge in [-0.1, -0.05) is 12.2 Å². The summed E-state index contributed by atoms with van der Waals surface area (Å²) in [6.45, 7) is 0. The van der Waals surface area contributed by atoms with Crippen molar-refractivity contribution in [2.45, 2.75) is 12.8 Å². The zero-order valence-corrected chi connectivity index (χ0v) is 13.4. The van der Waals surface area contributed by atoms with Gasteiger partial charge in [0.25, 0.3) is 11.8 Å². The van der Waals surface area contributed by atoms with Gasteiger partial charge >= 0.3 is 0 Å². The van der Waals surface area contributed by atoms with Crippen molar-refractivity contribution in [3.63, 3.8) is 0 Å². The molecule has 2 bridgehead atoms. The van der Waals surface area contributed by atoms with Crippen molar-refractivity contribution in [2.75, 3.05) is 7.11 Å². The van der Waals surface area contributed by atoms with Crippen molar-refractivity contribution in [2.24, 2.45) is 34.2 Å². The summed E-state index contributed by atoms with van der Waals surface area (Å²) >= 11 is 0. The van der Waals surface area contributed by atoms with Crippen LogP contribution in [-0.2, 0) is 9.59 Å². The average molecular weight is 322 g/mol. The summed E-state index contributed by atoms with van der Waals surface area (Å²) in [4.78, 5) is 25.5. The summed E-state index contributed by atoms with van der Waals surface area (Å²) in [5, 5.41) is 5.30. The molecule has 0 unspecified atom stereocenters. The first-order valence-electron chi connectivity index (χ1n) is 8.40. The molecular weight excluding hydrogens is 304 g/mol. The fraction of sp³-hybridized carbons (Fsp3) is 0.421. The summed E-state index contributed by atoms with van der Waals surface area (Å²) in [6.07, 6.45) is 8.20. The van der Waals surface area contributed by atoms with Crippen LogP contribution in [0.2, 0.25) is 0 Å². The molecule has 1 saturated heterocycles. The Morgan fingerprint density at radius 3 is 2.17 bits per heavy atom. The van der Waals surface area contributed by atoms with Crippen LogP contribution in [0.15, 0.2) is 41.5 Å². The number of carbonyl (C=O) groups excluding carboxylic acids is 2. The van der Waals surface area contributed by atoms with Gasteiger partial charge in [-0.25, -0.2) is 0 Å². The summed E-state index contributed by atoms with van der Waals surface area (Å²) in [5.41, 5.74) is 1.06. The number of imide groups is 1. The summed E-state index contributed by atoms with van der Waals surface area (Å²) in [5.74, 6) is 0.601. The minimum absolute atomic E-state index is 0.127. The van der Waals surface area contributed by atoms with E-state index < -0.39 is 0 Å². The van der Waals surface area contributed by atoms with Crippen LogP contribution in [0.1, 0.15) is 18.4 Å². The van der Waals surface area contributed by atoms with Crippen LogP contribution in [0.25, 0.3) is 0 Å². The molecule has 1 heterocycles. The second-order valence-electron chi connectivity index (χ2n) is 7.23. The number of allylic oxidation sites excluding steroid dienone is 2. The Balaban J connectivity index is 1.40. The number of amides is 2. The predicted molar refractivity (Wildman–Crippen MR) is 87.2 cm³/mol. The van der Waals surface area contributed by atoms with Crippen molar-refractivity contribution in [1.82, 2.24) is 5.01 Å². The molecule has 4 aliphatic rings. The molecule has 1 aromatic rings. The monoisotopic (exact) mass is 322 g/mol. The number of ether oxygens (including phenoxy) is 1. The lowest BCUT2D eigenvalue weighted by molar-refractivity contribution is -0.141. The quantitative estimate of drug-likeness (QED) is 0.487. The zero-order chi connectivity index (χ0) is 16.5. The molecule has 3 aliphatic carbocycles. The molecule has 5 rings (SSSR count). The Morgan fingerprint density at radius 1 is 1.08 bits per heavy atom. The smallest absolute Gasteiger partial charge is 0.254 e. The normalized spacial score (nSPS) is 34.6. The van der Waals surface area contributed by atoms with Crippen LogP contribution >= 0.6 is 0 Å². The molecule has 122 valence electrons. The summed E-state index contributed by atoms with van der Waals surface area (Å²) in [7, 11) is 1.61. The lowest BCUT2D eigenvalue weighted by Crippen LogP contribution is -2.30. The van der Waals surface area contributed by atoms with Crippen molar-refractivity contribution in [3.8, 4) is 5.75 Å². The highest BCUT2D eigenvalue weighted by Gasteiger charge is 2.73. The molecule has 3 fully saturated rings. The number of methoxy groups -OCH3 is 1. The number of carbonyl (C=O) groups is 2. The van der Waals surface area contributed by atoms with Crippen molar-refractivity contribution < 1.29 is 14.3 Å². The highest BCUT2D eigenvalue weighted by molar-refractivity contribution is 6.07. The first-order valence-corrected chi connectivity index (χ1v) is 8.40. The van der Waals surface area contributed by atoms with E-state index in [1.807, 2.05) is 24.3 Å². The number of nitrogens with zero attached hydrogens (tertiary/aromatic N) is 2. The highest BCUT2D eigenvalue weighted by Crippen LogP contribution is 2.73. The number of benzene rings is 1. The molecule has 5 heteroatoms. The van der Waals surface area contributed by atoms with E-state index in [1.165, 1.54) is 0 Å². The third-order valence-corrected chi connectivity index (χ3v) is 6.27. The first kappa shape index (κ1) is 14.0. The van der Waals surface area contributed by atoms with Gasteiger partial charge in [0, 0.05) is 0 Å². The van der Waals surface area contributed by atoms with Crippen LogP contribution < -0.4 is 4.74 Å². The number of hydrogen-bond acceptors (Lipinski definition) is 4. The van der Waals surface area contributed by atoms with Crippen LogP contribution in [0.5, 0.6) is 5.75 Å². The molecule has 0 aromatic heterocycles. The number of hydrazone groups is 1. The summed E-state index contributed by atoms with van der Waals surface area (Å²) in [6, 6.07) is 7.34. The Bertz CT molecular complexity index is 757. The molecule has 5 nitrogen and oxygen atoms in total. The van der Waals surface area contributed by atoms with E-state index in [0.717, 1.165) is 29.2 Å². The number of fused-ring (bicyclic) bond motifs is 3. The second kappa shape index (κ2) is 4.56. The lowest BCUT2D eigenvalue weighted by Gasteiger charge is -2.18. The zero-order valence-electron chi connectivity index (χ0n) is 13.4. The Morgan fingerprint density at radius 2 is 1.67 bits per heavy atom. The minimum Gasteiger partial charge on any atom is -0.497 e. The molecule has 2 amide bonds. The topological polar surface area (TPSA) is 59.0 Å².